The van der Waals surface area contributed by atoms with Gasteiger partial charge in [-0.1, -0.05) is 29.3 Å². The maximum atomic E-state index is 6.13. The molecular formula is C15H19BrN4O. The molecule has 0 aliphatic rings. The highest BCUT2D eigenvalue weighted by Crippen LogP contribution is 2.31. The molecule has 5 nitrogen and oxygen atoms in total. The number of unbranched alkanes of at least 4 members (excludes halogenated alkanes) is 1. The van der Waals surface area contributed by atoms with Crippen LogP contribution >= 0.6 is 15.9 Å². The van der Waals surface area contributed by atoms with Crippen LogP contribution in [0.4, 0.5) is 11.5 Å². The Balaban J connectivity index is 2.19. The van der Waals surface area contributed by atoms with E-state index in [0.717, 1.165) is 23.9 Å². The molecule has 112 valence electrons. The molecule has 0 bridgehead atoms. The van der Waals surface area contributed by atoms with Crippen molar-refractivity contribution in [2.75, 3.05) is 24.2 Å². The van der Waals surface area contributed by atoms with Gasteiger partial charge in [0.2, 0.25) is 5.88 Å². The highest BCUT2D eigenvalue weighted by Gasteiger charge is 2.13. The normalized spacial score (nSPS) is 10.4. The maximum absolute atomic E-state index is 6.13. The van der Waals surface area contributed by atoms with Crippen molar-refractivity contribution in [1.29, 1.82) is 0 Å². The summed E-state index contributed by atoms with van der Waals surface area (Å²) in [6.07, 6.45) is 3.68. The van der Waals surface area contributed by atoms with Crippen LogP contribution in [0.2, 0.25) is 0 Å². The molecule has 0 spiro atoms. The molecule has 1 aromatic carbocycles. The number of rotatable bonds is 6. The average Bonchev–Trinajstić information content (AvgIpc) is 2.49. The van der Waals surface area contributed by atoms with Crippen molar-refractivity contribution in [3.05, 3.63) is 35.1 Å². The van der Waals surface area contributed by atoms with Crippen LogP contribution in [0.1, 0.15) is 19.8 Å². The lowest BCUT2D eigenvalue weighted by Gasteiger charge is -2.20. The Kier molecular flexibility index (Phi) is 5.38. The zero-order valence-corrected chi connectivity index (χ0v) is 13.8. The predicted molar refractivity (Wildman–Crippen MR) is 88.8 cm³/mol. The second kappa shape index (κ2) is 7.26. The minimum atomic E-state index is 0.380. The number of nitrogens with two attached hydrogens (primary N) is 1. The van der Waals surface area contributed by atoms with Crippen LogP contribution in [0.5, 0.6) is 11.6 Å². The number of benzene rings is 1. The lowest BCUT2D eigenvalue weighted by Crippen LogP contribution is -2.21. The first-order valence-corrected chi connectivity index (χ1v) is 7.66. The standard InChI is InChI=1S/C15H19BrN4O/c1-3-4-9-20(2)14-13(17)15(19-10-18-14)21-12-7-5-11(16)6-8-12/h5-8,10H,3-4,9,17H2,1-2H3. The zero-order chi connectivity index (χ0) is 15.2. The van der Waals surface area contributed by atoms with Gasteiger partial charge in [-0.2, -0.15) is 4.98 Å². The van der Waals surface area contributed by atoms with E-state index in [-0.39, 0.29) is 0 Å². The number of anilines is 2. The third-order valence-corrected chi connectivity index (χ3v) is 3.59. The van der Waals surface area contributed by atoms with Gasteiger partial charge >= 0.3 is 0 Å². The fraction of sp³-hybridized carbons (Fsp3) is 0.333. The lowest BCUT2D eigenvalue weighted by molar-refractivity contribution is 0.464. The molecule has 6 heteroatoms. The second-order valence-corrected chi connectivity index (χ2v) is 5.66. The minimum absolute atomic E-state index is 0.380. The zero-order valence-electron chi connectivity index (χ0n) is 12.2. The van der Waals surface area contributed by atoms with Crippen LogP contribution in [0, 0.1) is 0 Å². The summed E-state index contributed by atoms with van der Waals surface area (Å²) in [7, 11) is 1.97. The van der Waals surface area contributed by atoms with E-state index in [9.17, 15) is 0 Å². The SMILES string of the molecule is CCCCN(C)c1ncnc(Oc2ccc(Br)cc2)c1N. The number of aromatic nitrogens is 2. The van der Waals surface area contributed by atoms with Crippen LogP contribution in [-0.2, 0) is 0 Å². The van der Waals surface area contributed by atoms with Gasteiger partial charge in [-0.3, -0.25) is 0 Å². The summed E-state index contributed by atoms with van der Waals surface area (Å²) in [6, 6.07) is 7.51. The van der Waals surface area contributed by atoms with Crippen molar-refractivity contribution in [2.24, 2.45) is 0 Å². The third kappa shape index (κ3) is 4.07. The lowest BCUT2D eigenvalue weighted by atomic mass is 10.3. The monoisotopic (exact) mass is 350 g/mol. The van der Waals surface area contributed by atoms with Crippen molar-refractivity contribution in [3.63, 3.8) is 0 Å². The van der Waals surface area contributed by atoms with Crippen LogP contribution in [0.25, 0.3) is 0 Å². The van der Waals surface area contributed by atoms with E-state index in [4.69, 9.17) is 10.5 Å². The van der Waals surface area contributed by atoms with Crippen molar-refractivity contribution < 1.29 is 4.74 Å². The van der Waals surface area contributed by atoms with Gasteiger partial charge in [0.25, 0.3) is 0 Å². The van der Waals surface area contributed by atoms with E-state index in [1.807, 2.05) is 36.2 Å². The molecule has 0 aliphatic heterocycles. The molecule has 0 aliphatic carbocycles. The van der Waals surface area contributed by atoms with Crippen molar-refractivity contribution >= 4 is 27.4 Å². The molecule has 21 heavy (non-hydrogen) atoms. The van der Waals surface area contributed by atoms with Gasteiger partial charge in [-0.05, 0) is 30.7 Å². The van der Waals surface area contributed by atoms with Crippen LogP contribution in [0.15, 0.2) is 35.1 Å². The molecule has 0 unspecified atom stereocenters. The average molecular weight is 351 g/mol. The molecule has 1 heterocycles. The Morgan fingerprint density at radius 2 is 1.95 bits per heavy atom. The first kappa shape index (κ1) is 15.6. The molecule has 0 saturated heterocycles. The van der Waals surface area contributed by atoms with Crippen molar-refractivity contribution in [2.45, 2.75) is 19.8 Å². The fourth-order valence-corrected chi connectivity index (χ4v) is 2.14. The van der Waals surface area contributed by atoms with Crippen LogP contribution in [0.3, 0.4) is 0 Å². The molecule has 2 aromatic rings. The van der Waals surface area contributed by atoms with Crippen molar-refractivity contribution in [1.82, 2.24) is 9.97 Å². The molecular weight excluding hydrogens is 332 g/mol. The molecule has 0 fully saturated rings. The highest BCUT2D eigenvalue weighted by atomic mass is 79.9. The first-order valence-electron chi connectivity index (χ1n) is 6.87. The second-order valence-electron chi connectivity index (χ2n) is 4.75. The summed E-state index contributed by atoms with van der Waals surface area (Å²) in [5.74, 6) is 1.77. The van der Waals surface area contributed by atoms with Gasteiger partial charge in [0.05, 0.1) is 0 Å². The topological polar surface area (TPSA) is 64.3 Å². The van der Waals surface area contributed by atoms with E-state index in [1.54, 1.807) is 0 Å². The molecule has 0 atom stereocenters. The maximum Gasteiger partial charge on any atom is 0.248 e. The molecule has 0 saturated carbocycles. The summed E-state index contributed by atoms with van der Waals surface area (Å²) in [5.41, 5.74) is 6.59. The molecule has 2 N–H and O–H groups in total. The quantitative estimate of drug-likeness (QED) is 0.856. The van der Waals surface area contributed by atoms with E-state index < -0.39 is 0 Å². The number of hydrogen-bond donors (Lipinski definition) is 1. The van der Waals surface area contributed by atoms with Gasteiger partial charge in [-0.25, -0.2) is 4.98 Å². The first-order chi connectivity index (χ1) is 10.1. The summed E-state index contributed by atoms with van der Waals surface area (Å²) in [6.45, 7) is 3.05. The molecule has 2 rings (SSSR count). The largest absolute Gasteiger partial charge is 0.437 e. The van der Waals surface area contributed by atoms with Crippen LogP contribution < -0.4 is 15.4 Å². The fourth-order valence-electron chi connectivity index (χ4n) is 1.87. The number of ether oxygens (including phenoxy) is 1. The van der Waals surface area contributed by atoms with Crippen LogP contribution in [-0.4, -0.2) is 23.6 Å². The van der Waals surface area contributed by atoms with E-state index in [0.29, 0.717) is 23.1 Å². The van der Waals surface area contributed by atoms with Gasteiger partial charge in [0.15, 0.2) is 5.82 Å². The van der Waals surface area contributed by atoms with E-state index in [2.05, 4.69) is 32.8 Å². The molecule has 0 radical (unpaired) electrons. The smallest absolute Gasteiger partial charge is 0.248 e. The Bertz CT molecular complexity index is 589. The van der Waals surface area contributed by atoms with E-state index in [1.165, 1.54) is 6.33 Å². The summed E-state index contributed by atoms with van der Waals surface area (Å²) in [4.78, 5) is 10.4. The number of nitrogens with zero attached hydrogens (tertiary/aromatic N) is 3. The number of halogens is 1. The Morgan fingerprint density at radius 3 is 2.62 bits per heavy atom. The van der Waals surface area contributed by atoms with Gasteiger partial charge in [-0.15, -0.1) is 0 Å². The van der Waals surface area contributed by atoms with E-state index >= 15 is 0 Å². The Morgan fingerprint density at radius 1 is 1.24 bits per heavy atom. The van der Waals surface area contributed by atoms with Gasteiger partial charge < -0.3 is 15.4 Å². The summed E-state index contributed by atoms with van der Waals surface area (Å²) in [5, 5.41) is 0. The number of nitrogen functional groups attached to an aromatic ring is 1. The molecule has 0 amide bonds. The predicted octanol–water partition coefficient (Wildman–Crippen LogP) is 3.85. The summed E-state index contributed by atoms with van der Waals surface area (Å²) < 4.78 is 6.73. The molecule has 1 aromatic heterocycles. The van der Waals surface area contributed by atoms with Gasteiger partial charge in [0.1, 0.15) is 17.8 Å². The number of hydrogen-bond acceptors (Lipinski definition) is 5. The third-order valence-electron chi connectivity index (χ3n) is 3.06. The summed E-state index contributed by atoms with van der Waals surface area (Å²) >= 11 is 3.39. The minimum Gasteiger partial charge on any atom is -0.437 e. The Labute approximate surface area is 133 Å². The highest BCUT2D eigenvalue weighted by molar-refractivity contribution is 9.10. The Hall–Kier alpha value is -1.82. The van der Waals surface area contributed by atoms with Crippen molar-refractivity contribution in [3.8, 4) is 11.6 Å². The van der Waals surface area contributed by atoms with Gasteiger partial charge in [0, 0.05) is 18.1 Å².